The van der Waals surface area contributed by atoms with Gasteiger partial charge in [0, 0.05) is 71.2 Å². The van der Waals surface area contributed by atoms with E-state index in [-0.39, 0.29) is 17.6 Å². The van der Waals surface area contributed by atoms with E-state index in [0.717, 1.165) is 52.1 Å². The number of hydrogen-bond acceptors (Lipinski definition) is 6. The van der Waals surface area contributed by atoms with E-state index in [1.165, 1.54) is 0 Å². The van der Waals surface area contributed by atoms with Gasteiger partial charge in [0.2, 0.25) is 5.91 Å². The van der Waals surface area contributed by atoms with Crippen molar-refractivity contribution in [1.29, 1.82) is 0 Å². The summed E-state index contributed by atoms with van der Waals surface area (Å²) in [6.07, 6.45) is 3.27. The Hall–Kier alpha value is -0.990. The molecule has 3 aliphatic heterocycles. The van der Waals surface area contributed by atoms with Gasteiger partial charge in [-0.25, -0.2) is 4.79 Å². The van der Waals surface area contributed by atoms with Crippen molar-refractivity contribution >= 4 is 23.8 Å². The van der Waals surface area contributed by atoms with E-state index in [2.05, 4.69) is 23.6 Å². The maximum absolute atomic E-state index is 12.4. The van der Waals surface area contributed by atoms with Crippen molar-refractivity contribution in [3.63, 3.8) is 0 Å². The number of ether oxygens (including phenoxy) is 1. The van der Waals surface area contributed by atoms with E-state index in [1.54, 1.807) is 11.8 Å². The predicted octanol–water partition coefficient (Wildman–Crippen LogP) is 1.19. The smallest absolute Gasteiger partial charge is 0.410 e. The summed E-state index contributed by atoms with van der Waals surface area (Å²) in [5.74, 6) is 0.724. The third-order valence-corrected chi connectivity index (χ3v) is 6.70. The normalized spacial score (nSPS) is 24.1. The number of likely N-dealkylation sites (tertiary alicyclic amines) is 1. The van der Waals surface area contributed by atoms with Gasteiger partial charge in [0.05, 0.1) is 12.3 Å². The number of rotatable bonds is 6. The molecule has 7 nitrogen and oxygen atoms in total. The molecule has 0 unspecified atom stereocenters. The largest absolute Gasteiger partial charge is 0.441 e. The molecule has 3 rings (SSSR count). The minimum Gasteiger partial charge on any atom is -0.441 e. The third kappa shape index (κ3) is 5.09. The molecule has 1 spiro atoms. The molecule has 3 heterocycles. The van der Waals surface area contributed by atoms with Crippen molar-refractivity contribution in [2.45, 2.75) is 38.3 Å². The first kappa shape index (κ1) is 20.7. The van der Waals surface area contributed by atoms with Gasteiger partial charge in [0.15, 0.2) is 0 Å². The zero-order valence-corrected chi connectivity index (χ0v) is 17.8. The molecule has 0 aromatic carbocycles. The summed E-state index contributed by atoms with van der Waals surface area (Å²) < 4.78 is 5.80. The number of nitrogens with zero attached hydrogens (tertiary/aromatic N) is 4. The third-order valence-electron chi connectivity index (χ3n) is 6.16. The lowest BCUT2D eigenvalue weighted by Crippen LogP contribution is -2.51. The fraction of sp³-hybridized carbons (Fsp3) is 0.895. The van der Waals surface area contributed by atoms with E-state index in [1.807, 2.05) is 16.1 Å². The lowest BCUT2D eigenvalue weighted by molar-refractivity contribution is -0.131. The van der Waals surface area contributed by atoms with Gasteiger partial charge in [-0.2, -0.15) is 11.8 Å². The van der Waals surface area contributed by atoms with Crippen molar-refractivity contribution in [2.75, 3.05) is 70.9 Å². The standard InChI is InChI=1S/C19H34N4O3S/c1-16(2)21-11-8-20(9-12-21)10-13-23-15-19(26-18(23)25)4-6-22(7-5-19)17(24)14-27-3/h16H,4-15H2,1-3H3. The molecule has 0 aromatic rings. The first-order valence-electron chi connectivity index (χ1n) is 10.1. The van der Waals surface area contributed by atoms with Crippen LogP contribution in [0.4, 0.5) is 4.79 Å². The minimum atomic E-state index is -0.385. The van der Waals surface area contributed by atoms with E-state index < -0.39 is 0 Å². The summed E-state index contributed by atoms with van der Waals surface area (Å²) >= 11 is 1.56. The zero-order chi connectivity index (χ0) is 19.4. The van der Waals surface area contributed by atoms with Crippen LogP contribution in [0.25, 0.3) is 0 Å². The number of thioether (sulfide) groups is 1. The lowest BCUT2D eigenvalue weighted by Gasteiger charge is -2.38. The Morgan fingerprint density at radius 2 is 1.78 bits per heavy atom. The molecule has 3 saturated heterocycles. The molecule has 0 radical (unpaired) electrons. The summed E-state index contributed by atoms with van der Waals surface area (Å²) in [4.78, 5) is 33.1. The van der Waals surface area contributed by atoms with E-state index in [0.29, 0.717) is 31.4 Å². The number of piperidine rings is 1. The molecular formula is C19H34N4O3S. The second kappa shape index (κ2) is 9.01. The van der Waals surface area contributed by atoms with Crippen LogP contribution in [-0.4, -0.2) is 114 Å². The Balaban J connectivity index is 1.43. The lowest BCUT2D eigenvalue weighted by atomic mass is 9.91. The van der Waals surface area contributed by atoms with Crippen LogP contribution >= 0.6 is 11.8 Å². The van der Waals surface area contributed by atoms with Gasteiger partial charge in [-0.15, -0.1) is 0 Å². The van der Waals surface area contributed by atoms with Crippen molar-refractivity contribution in [3.05, 3.63) is 0 Å². The summed E-state index contributed by atoms with van der Waals surface area (Å²) in [7, 11) is 0. The molecule has 2 amide bonds. The van der Waals surface area contributed by atoms with Crippen LogP contribution in [0.5, 0.6) is 0 Å². The molecule has 3 aliphatic rings. The Morgan fingerprint density at radius 3 is 2.37 bits per heavy atom. The summed E-state index contributed by atoms with van der Waals surface area (Å²) in [6, 6.07) is 0.606. The van der Waals surface area contributed by atoms with Crippen LogP contribution in [0.2, 0.25) is 0 Å². The van der Waals surface area contributed by atoms with Crippen LogP contribution < -0.4 is 0 Å². The quantitative estimate of drug-likeness (QED) is 0.670. The van der Waals surface area contributed by atoms with Gasteiger partial charge in [0.25, 0.3) is 0 Å². The van der Waals surface area contributed by atoms with Crippen LogP contribution in [0, 0.1) is 0 Å². The molecule has 0 aromatic heterocycles. The highest BCUT2D eigenvalue weighted by Crippen LogP contribution is 2.33. The molecule has 0 aliphatic carbocycles. The SMILES string of the molecule is CSCC(=O)N1CCC2(CC1)CN(CCN1CCN(C(C)C)CC1)C(=O)O2. The summed E-state index contributed by atoms with van der Waals surface area (Å²) in [5.41, 5.74) is -0.385. The molecule has 0 atom stereocenters. The second-order valence-corrected chi connectivity index (χ2v) is 9.12. The molecule has 0 N–H and O–H groups in total. The minimum absolute atomic E-state index is 0.181. The number of carbonyl (C=O) groups excluding carboxylic acids is 2. The van der Waals surface area contributed by atoms with Crippen LogP contribution in [0.1, 0.15) is 26.7 Å². The highest BCUT2D eigenvalue weighted by molar-refractivity contribution is 7.99. The Kier molecular flexibility index (Phi) is 6.92. The van der Waals surface area contributed by atoms with Crippen molar-refractivity contribution in [3.8, 4) is 0 Å². The van der Waals surface area contributed by atoms with Crippen molar-refractivity contribution in [1.82, 2.24) is 19.6 Å². The van der Waals surface area contributed by atoms with E-state index in [4.69, 9.17) is 4.74 Å². The molecule has 8 heteroatoms. The average molecular weight is 399 g/mol. The van der Waals surface area contributed by atoms with Crippen molar-refractivity contribution < 1.29 is 14.3 Å². The van der Waals surface area contributed by atoms with Gasteiger partial charge < -0.3 is 14.5 Å². The number of carbonyl (C=O) groups is 2. The van der Waals surface area contributed by atoms with Gasteiger partial charge in [-0.05, 0) is 20.1 Å². The molecular weight excluding hydrogens is 364 g/mol. The predicted molar refractivity (Wildman–Crippen MR) is 108 cm³/mol. The second-order valence-electron chi connectivity index (χ2n) is 8.26. The first-order valence-corrected chi connectivity index (χ1v) is 11.5. The van der Waals surface area contributed by atoms with Crippen LogP contribution in [-0.2, 0) is 9.53 Å². The zero-order valence-electron chi connectivity index (χ0n) is 17.0. The van der Waals surface area contributed by atoms with Gasteiger partial charge in [-0.3, -0.25) is 14.6 Å². The summed E-state index contributed by atoms with van der Waals surface area (Å²) in [6.45, 7) is 12.5. The maximum atomic E-state index is 12.4. The van der Waals surface area contributed by atoms with Gasteiger partial charge in [0.1, 0.15) is 5.60 Å². The van der Waals surface area contributed by atoms with Crippen molar-refractivity contribution in [2.24, 2.45) is 0 Å². The Bertz CT molecular complexity index is 529. The maximum Gasteiger partial charge on any atom is 0.410 e. The number of hydrogen-bond donors (Lipinski definition) is 0. The molecule has 0 saturated carbocycles. The fourth-order valence-electron chi connectivity index (χ4n) is 4.27. The molecule has 154 valence electrons. The van der Waals surface area contributed by atoms with E-state index in [9.17, 15) is 9.59 Å². The van der Waals surface area contributed by atoms with Crippen LogP contribution in [0.15, 0.2) is 0 Å². The Morgan fingerprint density at radius 1 is 1.11 bits per heavy atom. The van der Waals surface area contributed by atoms with Gasteiger partial charge >= 0.3 is 6.09 Å². The van der Waals surface area contributed by atoms with E-state index >= 15 is 0 Å². The molecule has 3 fully saturated rings. The highest BCUT2D eigenvalue weighted by Gasteiger charge is 2.47. The topological polar surface area (TPSA) is 56.3 Å². The molecule has 27 heavy (non-hydrogen) atoms. The highest BCUT2D eigenvalue weighted by atomic mass is 32.2. The monoisotopic (exact) mass is 398 g/mol. The first-order chi connectivity index (χ1) is 12.9. The molecule has 0 bridgehead atoms. The number of amides is 2. The van der Waals surface area contributed by atoms with Crippen LogP contribution in [0.3, 0.4) is 0 Å². The Labute approximate surface area is 167 Å². The average Bonchev–Trinajstić information content (AvgIpc) is 2.96. The fourth-order valence-corrected chi connectivity index (χ4v) is 4.70. The number of piperazine rings is 1. The summed E-state index contributed by atoms with van der Waals surface area (Å²) in [5, 5.41) is 0. The van der Waals surface area contributed by atoms with Gasteiger partial charge in [-0.1, -0.05) is 0 Å².